The lowest BCUT2D eigenvalue weighted by Crippen LogP contribution is -2.19. The van der Waals surface area contributed by atoms with Gasteiger partial charge < -0.3 is 15.5 Å². The summed E-state index contributed by atoms with van der Waals surface area (Å²) in [5.41, 5.74) is 8.53. The largest absolute Gasteiger partial charge is 0.399 e. The van der Waals surface area contributed by atoms with Crippen molar-refractivity contribution in [3.05, 3.63) is 66.0 Å². The summed E-state index contributed by atoms with van der Waals surface area (Å²) in [6.45, 7) is 5.70. The molecule has 3 aromatic rings. The van der Waals surface area contributed by atoms with Gasteiger partial charge >= 0.3 is 0 Å². The molecule has 3 N–H and O–H groups in total. The van der Waals surface area contributed by atoms with Gasteiger partial charge in [0, 0.05) is 45.8 Å². The molecule has 3 rings (SSSR count). The van der Waals surface area contributed by atoms with Crippen molar-refractivity contribution in [2.24, 2.45) is 5.41 Å². The van der Waals surface area contributed by atoms with Crippen LogP contribution in [-0.4, -0.2) is 16.1 Å². The molecule has 0 unspecified atom stereocenters. The summed E-state index contributed by atoms with van der Waals surface area (Å²) in [6, 6.07) is 12.2. The highest BCUT2D eigenvalue weighted by atomic mass is 16.1. The predicted octanol–water partition coefficient (Wildman–Crippen LogP) is 4.00. The lowest BCUT2D eigenvalue weighted by atomic mass is 9.87. The van der Waals surface area contributed by atoms with E-state index in [0.29, 0.717) is 22.5 Å². The van der Waals surface area contributed by atoms with Gasteiger partial charge in [-0.1, -0.05) is 20.8 Å². The molecule has 1 amide bonds. The fraction of sp³-hybridized carbons (Fsp3) is 0.200. The second kappa shape index (κ2) is 6.09. The van der Waals surface area contributed by atoms with Crippen LogP contribution in [0.25, 0.3) is 5.52 Å². The number of nitrogens with zero attached hydrogens (tertiary/aromatic N) is 1. The van der Waals surface area contributed by atoms with Gasteiger partial charge in [-0.05, 0) is 42.5 Å². The van der Waals surface area contributed by atoms with Gasteiger partial charge in [0.2, 0.25) is 0 Å². The van der Waals surface area contributed by atoms with Gasteiger partial charge in [-0.25, -0.2) is 0 Å². The van der Waals surface area contributed by atoms with Crippen LogP contribution in [0.3, 0.4) is 0 Å². The van der Waals surface area contributed by atoms with Crippen molar-refractivity contribution in [2.45, 2.75) is 20.8 Å². The number of ketones is 1. The summed E-state index contributed by atoms with van der Waals surface area (Å²) in [7, 11) is 0. The Morgan fingerprint density at radius 1 is 1.00 bits per heavy atom. The van der Waals surface area contributed by atoms with Crippen LogP contribution in [0.1, 0.15) is 41.5 Å². The fourth-order valence-electron chi connectivity index (χ4n) is 2.58. The molecule has 128 valence electrons. The van der Waals surface area contributed by atoms with Crippen LogP contribution in [0.4, 0.5) is 11.4 Å². The van der Waals surface area contributed by atoms with E-state index in [9.17, 15) is 9.59 Å². The molecule has 0 fully saturated rings. The molecule has 0 aliphatic heterocycles. The van der Waals surface area contributed by atoms with E-state index in [4.69, 9.17) is 5.73 Å². The van der Waals surface area contributed by atoms with Crippen molar-refractivity contribution in [3.8, 4) is 0 Å². The highest BCUT2D eigenvalue weighted by molar-refractivity contribution is 6.05. The molecule has 0 aliphatic carbocycles. The number of carbonyl (C=O) groups excluding carboxylic acids is 2. The maximum atomic E-state index is 12.4. The zero-order chi connectivity index (χ0) is 18.2. The molecule has 25 heavy (non-hydrogen) atoms. The summed E-state index contributed by atoms with van der Waals surface area (Å²) in [6.07, 6.45) is 3.64. The number of pyridine rings is 1. The lowest BCUT2D eigenvalue weighted by Gasteiger charge is -2.14. The van der Waals surface area contributed by atoms with E-state index in [0.717, 1.165) is 5.52 Å². The van der Waals surface area contributed by atoms with Gasteiger partial charge in [0.05, 0.1) is 0 Å². The number of rotatable bonds is 3. The molecule has 0 radical (unpaired) electrons. The molecule has 2 aromatic heterocycles. The SMILES string of the molecule is CC(C)(C)C(=O)c1cc2cc(NC(=O)c3ccc(N)cc3)ccn2c1. The smallest absolute Gasteiger partial charge is 0.255 e. The third-order valence-corrected chi connectivity index (χ3v) is 3.97. The zero-order valence-corrected chi connectivity index (χ0v) is 14.5. The minimum absolute atomic E-state index is 0.0867. The van der Waals surface area contributed by atoms with Crippen LogP contribution < -0.4 is 11.1 Å². The van der Waals surface area contributed by atoms with Crippen LogP contribution in [0.2, 0.25) is 0 Å². The minimum Gasteiger partial charge on any atom is -0.399 e. The number of fused-ring (bicyclic) bond motifs is 1. The fourth-order valence-corrected chi connectivity index (χ4v) is 2.58. The second-order valence-corrected chi connectivity index (χ2v) is 7.13. The Kier molecular flexibility index (Phi) is 4.08. The summed E-state index contributed by atoms with van der Waals surface area (Å²) in [5.74, 6) is -0.120. The first-order valence-corrected chi connectivity index (χ1v) is 8.07. The number of hydrogen-bond donors (Lipinski definition) is 2. The molecule has 0 atom stereocenters. The first kappa shape index (κ1) is 16.8. The maximum Gasteiger partial charge on any atom is 0.255 e. The first-order valence-electron chi connectivity index (χ1n) is 8.07. The molecule has 5 nitrogen and oxygen atoms in total. The highest BCUT2D eigenvalue weighted by Crippen LogP contribution is 2.24. The number of benzene rings is 1. The Morgan fingerprint density at radius 2 is 1.68 bits per heavy atom. The Labute approximate surface area is 146 Å². The van der Waals surface area contributed by atoms with E-state index in [1.807, 2.05) is 49.7 Å². The van der Waals surface area contributed by atoms with E-state index in [2.05, 4.69) is 5.32 Å². The van der Waals surface area contributed by atoms with Gasteiger partial charge in [-0.2, -0.15) is 0 Å². The van der Waals surface area contributed by atoms with Crippen LogP contribution in [0.15, 0.2) is 54.9 Å². The molecule has 5 heteroatoms. The van der Waals surface area contributed by atoms with Crippen molar-refractivity contribution >= 4 is 28.6 Å². The number of amides is 1. The number of nitrogens with two attached hydrogens (primary N) is 1. The highest BCUT2D eigenvalue weighted by Gasteiger charge is 2.23. The average Bonchev–Trinajstić information content (AvgIpc) is 2.96. The van der Waals surface area contributed by atoms with E-state index in [-0.39, 0.29) is 11.7 Å². The van der Waals surface area contributed by atoms with Crippen molar-refractivity contribution in [2.75, 3.05) is 11.1 Å². The number of aromatic nitrogens is 1. The third kappa shape index (κ3) is 3.55. The Morgan fingerprint density at radius 3 is 2.32 bits per heavy atom. The van der Waals surface area contributed by atoms with Gasteiger partial charge in [0.1, 0.15) is 0 Å². The van der Waals surface area contributed by atoms with E-state index < -0.39 is 5.41 Å². The molecule has 0 aliphatic rings. The summed E-state index contributed by atoms with van der Waals surface area (Å²) in [5, 5.41) is 2.86. The number of nitrogen functional groups attached to an aromatic ring is 1. The van der Waals surface area contributed by atoms with E-state index >= 15 is 0 Å². The standard InChI is InChI=1S/C20H21N3O2/c1-20(2,3)18(24)14-10-17-11-16(8-9-23(17)12-14)22-19(25)13-4-6-15(21)7-5-13/h4-12H,21H2,1-3H3,(H,22,25). The van der Waals surface area contributed by atoms with Crippen LogP contribution in [0.5, 0.6) is 0 Å². The summed E-state index contributed by atoms with van der Waals surface area (Å²) in [4.78, 5) is 24.7. The van der Waals surface area contributed by atoms with Crippen LogP contribution in [-0.2, 0) is 0 Å². The van der Waals surface area contributed by atoms with Crippen molar-refractivity contribution in [3.63, 3.8) is 0 Å². The normalized spacial score (nSPS) is 11.5. The molecule has 0 saturated heterocycles. The average molecular weight is 335 g/mol. The number of carbonyl (C=O) groups is 2. The Hall–Kier alpha value is -3.08. The van der Waals surface area contributed by atoms with Crippen molar-refractivity contribution in [1.82, 2.24) is 4.40 Å². The summed E-state index contributed by atoms with van der Waals surface area (Å²) < 4.78 is 1.87. The number of anilines is 2. The van der Waals surface area contributed by atoms with Crippen LogP contribution in [0, 0.1) is 5.41 Å². The molecule has 1 aromatic carbocycles. The molecule has 0 bridgehead atoms. The van der Waals surface area contributed by atoms with Gasteiger partial charge in [0.15, 0.2) is 5.78 Å². The zero-order valence-electron chi connectivity index (χ0n) is 14.5. The van der Waals surface area contributed by atoms with E-state index in [1.54, 1.807) is 30.3 Å². The minimum atomic E-state index is -0.433. The summed E-state index contributed by atoms with van der Waals surface area (Å²) >= 11 is 0. The third-order valence-electron chi connectivity index (χ3n) is 3.97. The Balaban J connectivity index is 1.85. The lowest BCUT2D eigenvalue weighted by molar-refractivity contribution is 0.0858. The van der Waals surface area contributed by atoms with Crippen molar-refractivity contribution < 1.29 is 9.59 Å². The number of Topliss-reactive ketones (excluding diaryl/α,β-unsaturated/α-hetero) is 1. The quantitative estimate of drug-likeness (QED) is 0.561. The van der Waals surface area contributed by atoms with Crippen LogP contribution >= 0.6 is 0 Å². The number of hydrogen-bond acceptors (Lipinski definition) is 3. The number of nitrogens with one attached hydrogen (secondary N) is 1. The van der Waals surface area contributed by atoms with Gasteiger partial charge in [-0.15, -0.1) is 0 Å². The maximum absolute atomic E-state index is 12.4. The molecule has 0 saturated carbocycles. The molecular formula is C20H21N3O2. The molecule has 2 heterocycles. The monoisotopic (exact) mass is 335 g/mol. The topological polar surface area (TPSA) is 76.6 Å². The molecular weight excluding hydrogens is 314 g/mol. The molecule has 0 spiro atoms. The van der Waals surface area contributed by atoms with Gasteiger partial charge in [0.25, 0.3) is 5.91 Å². The predicted molar refractivity (Wildman–Crippen MR) is 100.0 cm³/mol. The van der Waals surface area contributed by atoms with Crippen molar-refractivity contribution in [1.29, 1.82) is 0 Å². The Bertz CT molecular complexity index is 947. The van der Waals surface area contributed by atoms with E-state index in [1.165, 1.54) is 0 Å². The van der Waals surface area contributed by atoms with Gasteiger partial charge in [-0.3, -0.25) is 9.59 Å². The second-order valence-electron chi connectivity index (χ2n) is 7.13. The first-order chi connectivity index (χ1) is 11.7.